The van der Waals surface area contributed by atoms with Crippen molar-refractivity contribution in [3.8, 4) is 0 Å². The van der Waals surface area contributed by atoms with Crippen molar-refractivity contribution in [2.24, 2.45) is 5.92 Å². The maximum absolute atomic E-state index is 13.4. The zero-order valence-electron chi connectivity index (χ0n) is 13.7. The number of aliphatic hydroxyl groups is 1. The molecule has 1 aliphatic rings. The van der Waals surface area contributed by atoms with Gasteiger partial charge in [0, 0.05) is 19.6 Å². The Bertz CT molecular complexity index is 704. The van der Waals surface area contributed by atoms with Crippen LogP contribution in [0.1, 0.15) is 35.9 Å². The fourth-order valence-corrected chi connectivity index (χ4v) is 3.37. The largest absolute Gasteiger partial charge is 0.396 e. The molecule has 0 aromatic heterocycles. The van der Waals surface area contributed by atoms with Crippen molar-refractivity contribution in [2.75, 3.05) is 13.7 Å². The number of amides is 1. The van der Waals surface area contributed by atoms with E-state index in [-0.39, 0.29) is 36.2 Å². The second-order valence-corrected chi connectivity index (χ2v) is 6.39. The molecule has 0 heterocycles. The number of hydrogen-bond donors (Lipinski definition) is 1. The molecule has 24 heavy (non-hydrogen) atoms. The Morgan fingerprint density at radius 2 is 2.00 bits per heavy atom. The normalized spacial score (nSPS) is 20.5. The lowest BCUT2D eigenvalue weighted by atomic mass is 10.0. The fraction of sp³-hybridized carbons (Fsp3) is 0.350. The Balaban J connectivity index is 1.72. The van der Waals surface area contributed by atoms with Crippen LogP contribution in [0.2, 0.25) is 0 Å². The van der Waals surface area contributed by atoms with Crippen LogP contribution in [-0.2, 0) is 4.79 Å². The molecule has 0 bridgehead atoms. The van der Waals surface area contributed by atoms with E-state index < -0.39 is 0 Å². The third-order valence-corrected chi connectivity index (χ3v) is 4.79. The van der Waals surface area contributed by atoms with Crippen molar-refractivity contribution in [1.82, 2.24) is 4.90 Å². The maximum Gasteiger partial charge on any atom is 0.226 e. The number of rotatable bonds is 6. The molecule has 3 nitrogen and oxygen atoms in total. The molecule has 3 atom stereocenters. The highest BCUT2D eigenvalue weighted by Crippen LogP contribution is 2.49. The monoisotopic (exact) mass is 327 g/mol. The van der Waals surface area contributed by atoms with Gasteiger partial charge in [0.05, 0.1) is 6.04 Å². The number of aliphatic hydroxyl groups excluding tert-OH is 1. The van der Waals surface area contributed by atoms with Crippen LogP contribution in [0.4, 0.5) is 4.39 Å². The third kappa shape index (κ3) is 3.49. The third-order valence-electron chi connectivity index (χ3n) is 4.79. The molecule has 2 aromatic rings. The molecule has 1 fully saturated rings. The molecule has 0 saturated heterocycles. The highest BCUT2D eigenvalue weighted by molar-refractivity contribution is 5.83. The minimum atomic E-state index is -0.263. The first-order valence-corrected chi connectivity index (χ1v) is 8.29. The fourth-order valence-electron chi connectivity index (χ4n) is 3.37. The van der Waals surface area contributed by atoms with Crippen LogP contribution in [-0.4, -0.2) is 29.6 Å². The molecular formula is C20H22FNO2. The van der Waals surface area contributed by atoms with Crippen molar-refractivity contribution in [2.45, 2.75) is 24.8 Å². The van der Waals surface area contributed by atoms with Crippen molar-refractivity contribution in [3.63, 3.8) is 0 Å². The maximum atomic E-state index is 13.4. The van der Waals surface area contributed by atoms with E-state index >= 15 is 0 Å². The molecule has 0 spiro atoms. The second kappa shape index (κ2) is 7.14. The molecule has 126 valence electrons. The Hall–Kier alpha value is -2.20. The van der Waals surface area contributed by atoms with E-state index in [9.17, 15) is 14.3 Å². The number of halogens is 1. The summed E-state index contributed by atoms with van der Waals surface area (Å²) in [5.41, 5.74) is 1.91. The predicted molar refractivity (Wildman–Crippen MR) is 90.9 cm³/mol. The topological polar surface area (TPSA) is 40.5 Å². The van der Waals surface area contributed by atoms with E-state index in [1.54, 1.807) is 18.0 Å². The van der Waals surface area contributed by atoms with Gasteiger partial charge in [-0.3, -0.25) is 4.79 Å². The van der Waals surface area contributed by atoms with Gasteiger partial charge in [0.1, 0.15) is 5.82 Å². The van der Waals surface area contributed by atoms with Crippen LogP contribution in [0.3, 0.4) is 0 Å². The summed E-state index contributed by atoms with van der Waals surface area (Å²) in [6.07, 6.45) is 1.26. The first-order chi connectivity index (χ1) is 11.6. The Morgan fingerprint density at radius 1 is 1.25 bits per heavy atom. The number of benzene rings is 2. The van der Waals surface area contributed by atoms with Crippen molar-refractivity contribution < 1.29 is 14.3 Å². The van der Waals surface area contributed by atoms with Crippen LogP contribution in [0.15, 0.2) is 54.6 Å². The highest BCUT2D eigenvalue weighted by Gasteiger charge is 2.46. The average Bonchev–Trinajstić information content (AvgIpc) is 3.40. The van der Waals surface area contributed by atoms with Gasteiger partial charge in [-0.25, -0.2) is 4.39 Å². The number of carbonyl (C=O) groups is 1. The molecule has 0 aliphatic heterocycles. The van der Waals surface area contributed by atoms with Crippen LogP contribution in [0.25, 0.3) is 0 Å². The Labute approximate surface area is 141 Å². The van der Waals surface area contributed by atoms with Gasteiger partial charge in [0.15, 0.2) is 0 Å². The summed E-state index contributed by atoms with van der Waals surface area (Å²) in [6.45, 7) is 0.0230. The van der Waals surface area contributed by atoms with Gasteiger partial charge in [-0.05, 0) is 42.0 Å². The first kappa shape index (κ1) is 16.7. The molecule has 0 radical (unpaired) electrons. The summed E-state index contributed by atoms with van der Waals surface area (Å²) in [5.74, 6) is -0.198. The number of carbonyl (C=O) groups excluding carboxylic acids is 1. The summed E-state index contributed by atoms with van der Waals surface area (Å²) in [6, 6.07) is 16.1. The van der Waals surface area contributed by atoms with Gasteiger partial charge in [0.25, 0.3) is 0 Å². The molecule has 3 unspecified atom stereocenters. The predicted octanol–water partition coefficient (Wildman–Crippen LogP) is 3.51. The zero-order valence-corrected chi connectivity index (χ0v) is 13.7. The van der Waals surface area contributed by atoms with E-state index in [1.807, 2.05) is 36.4 Å². The molecular weight excluding hydrogens is 305 g/mol. The van der Waals surface area contributed by atoms with Gasteiger partial charge in [-0.15, -0.1) is 0 Å². The van der Waals surface area contributed by atoms with Crippen molar-refractivity contribution in [3.05, 3.63) is 71.5 Å². The van der Waals surface area contributed by atoms with Crippen LogP contribution in [0.5, 0.6) is 0 Å². The molecule has 1 N–H and O–H groups in total. The van der Waals surface area contributed by atoms with E-state index in [4.69, 9.17) is 0 Å². The lowest BCUT2D eigenvalue weighted by Crippen LogP contribution is -2.33. The van der Waals surface area contributed by atoms with Crippen LogP contribution in [0, 0.1) is 11.7 Å². The second-order valence-electron chi connectivity index (χ2n) is 6.39. The van der Waals surface area contributed by atoms with Crippen LogP contribution < -0.4 is 0 Å². The number of nitrogens with zero attached hydrogens (tertiary/aromatic N) is 1. The van der Waals surface area contributed by atoms with Gasteiger partial charge < -0.3 is 10.0 Å². The molecule has 3 rings (SSSR count). The van der Waals surface area contributed by atoms with Gasteiger partial charge in [-0.2, -0.15) is 0 Å². The van der Waals surface area contributed by atoms with Gasteiger partial charge in [0.2, 0.25) is 5.91 Å². The SMILES string of the molecule is CN(C(=O)C1CC1c1cccc(F)c1)C(CCO)c1ccccc1. The van der Waals surface area contributed by atoms with Gasteiger partial charge in [-0.1, -0.05) is 42.5 Å². The molecule has 2 aromatic carbocycles. The quantitative estimate of drug-likeness (QED) is 0.882. The lowest BCUT2D eigenvalue weighted by molar-refractivity contribution is -0.133. The van der Waals surface area contributed by atoms with Gasteiger partial charge >= 0.3 is 0 Å². The summed E-state index contributed by atoms with van der Waals surface area (Å²) in [7, 11) is 1.79. The van der Waals surface area contributed by atoms with E-state index in [1.165, 1.54) is 12.1 Å². The summed E-state index contributed by atoms with van der Waals surface area (Å²) in [4.78, 5) is 14.5. The summed E-state index contributed by atoms with van der Waals surface area (Å²) < 4.78 is 13.4. The molecule has 1 aliphatic carbocycles. The van der Waals surface area contributed by atoms with Crippen molar-refractivity contribution in [1.29, 1.82) is 0 Å². The Kier molecular flexibility index (Phi) is 4.95. The minimum Gasteiger partial charge on any atom is -0.396 e. The average molecular weight is 327 g/mol. The molecule has 4 heteroatoms. The summed E-state index contributed by atoms with van der Waals surface area (Å²) in [5, 5.41) is 9.36. The van der Waals surface area contributed by atoms with Crippen LogP contribution >= 0.6 is 0 Å². The summed E-state index contributed by atoms with van der Waals surface area (Å²) >= 11 is 0. The Morgan fingerprint density at radius 3 is 2.67 bits per heavy atom. The van der Waals surface area contributed by atoms with Crippen molar-refractivity contribution >= 4 is 5.91 Å². The lowest BCUT2D eigenvalue weighted by Gasteiger charge is -2.28. The highest BCUT2D eigenvalue weighted by atomic mass is 19.1. The van der Waals surface area contributed by atoms with E-state index in [0.29, 0.717) is 6.42 Å². The minimum absolute atomic E-state index is 0.0230. The first-order valence-electron chi connectivity index (χ1n) is 8.29. The van der Waals surface area contributed by atoms with E-state index in [0.717, 1.165) is 17.5 Å². The number of hydrogen-bond acceptors (Lipinski definition) is 2. The zero-order chi connectivity index (χ0) is 17.1. The van der Waals surface area contributed by atoms with E-state index in [2.05, 4.69) is 0 Å². The molecule has 1 saturated carbocycles. The standard InChI is InChI=1S/C20H22FNO2/c1-22(19(10-11-23)14-6-3-2-4-7-14)20(24)18-13-17(18)15-8-5-9-16(21)12-15/h2-9,12,17-19,23H,10-11,13H2,1H3. The molecule has 1 amide bonds. The smallest absolute Gasteiger partial charge is 0.226 e.